The lowest BCUT2D eigenvalue weighted by Crippen LogP contribution is -1.95. The van der Waals surface area contributed by atoms with E-state index < -0.39 is 0 Å². The van der Waals surface area contributed by atoms with Crippen molar-refractivity contribution in [1.82, 2.24) is 19.9 Å². The number of pyridine rings is 2. The fourth-order valence-electron chi connectivity index (χ4n) is 7.12. The zero-order valence-electron chi connectivity index (χ0n) is 28.1. The van der Waals surface area contributed by atoms with Crippen LogP contribution in [0.1, 0.15) is 0 Å². The zero-order valence-corrected chi connectivity index (χ0v) is 28.1. The molecule has 4 heteroatoms. The first-order chi connectivity index (χ1) is 25.7. The summed E-state index contributed by atoms with van der Waals surface area (Å²) in [5, 5.41) is 5.50. The molecule has 52 heavy (non-hydrogen) atoms. The Morgan fingerprint density at radius 1 is 0.288 bits per heavy atom. The van der Waals surface area contributed by atoms with Crippen LogP contribution in [0.4, 0.5) is 0 Å². The van der Waals surface area contributed by atoms with Crippen LogP contribution >= 0.6 is 0 Å². The highest BCUT2D eigenvalue weighted by molar-refractivity contribution is 6.04. The first-order valence-corrected chi connectivity index (χ1v) is 17.5. The van der Waals surface area contributed by atoms with Gasteiger partial charge in [0.1, 0.15) is 0 Å². The van der Waals surface area contributed by atoms with Gasteiger partial charge in [-0.1, -0.05) is 146 Å². The molecule has 0 radical (unpaired) electrons. The lowest BCUT2D eigenvalue weighted by atomic mass is 9.96. The highest BCUT2D eigenvalue weighted by Gasteiger charge is 2.14. The minimum atomic E-state index is 0.723. The number of nitrogens with zero attached hydrogens (tertiary/aromatic N) is 4. The first-order valence-electron chi connectivity index (χ1n) is 17.5. The summed E-state index contributed by atoms with van der Waals surface area (Å²) in [5.74, 6) is 0.723. The van der Waals surface area contributed by atoms with Crippen LogP contribution in [0.3, 0.4) is 0 Å². The standard InChI is InChI=1S/C48H30N4/c1-4-10-32(11-5-1)42-25-22-34-18-19-35-23-26-43(50-47(35)46(34)49-42)39-21-17-31-16-20-37(28-40(31)29-39)38-24-27-44-41(30-38)45(33-12-6-2-7-13-33)52-48(51-44)36-14-8-3-9-15-36/h1-30H. The van der Waals surface area contributed by atoms with E-state index in [0.29, 0.717) is 0 Å². The van der Waals surface area contributed by atoms with Gasteiger partial charge in [0.05, 0.1) is 33.6 Å². The van der Waals surface area contributed by atoms with Crippen molar-refractivity contribution in [2.24, 2.45) is 0 Å². The van der Waals surface area contributed by atoms with Crippen LogP contribution in [-0.4, -0.2) is 19.9 Å². The van der Waals surface area contributed by atoms with Gasteiger partial charge < -0.3 is 0 Å². The lowest BCUT2D eigenvalue weighted by molar-refractivity contribution is 1.23. The van der Waals surface area contributed by atoms with Gasteiger partial charge in [0, 0.05) is 38.4 Å². The SMILES string of the molecule is c1ccc(-c2ccc3ccc4ccc(-c5ccc6ccc(-c7ccc8nc(-c9ccccc9)nc(-c9ccccc9)c8c7)cc6c5)nc4c3n2)cc1. The molecule has 10 aromatic rings. The minimum Gasteiger partial charge on any atom is -0.245 e. The molecule has 0 unspecified atom stereocenters. The number of rotatable bonds is 5. The van der Waals surface area contributed by atoms with Gasteiger partial charge in [-0.15, -0.1) is 0 Å². The molecule has 0 N–H and O–H groups in total. The number of fused-ring (bicyclic) bond motifs is 5. The zero-order chi connectivity index (χ0) is 34.4. The lowest BCUT2D eigenvalue weighted by Gasteiger charge is -2.12. The second kappa shape index (κ2) is 12.4. The Balaban J connectivity index is 1.07. The molecule has 0 bridgehead atoms. The summed E-state index contributed by atoms with van der Waals surface area (Å²) in [7, 11) is 0. The van der Waals surface area contributed by atoms with Crippen molar-refractivity contribution in [3.8, 4) is 56.3 Å². The Hall–Kier alpha value is -7.04. The Morgan fingerprint density at radius 2 is 0.788 bits per heavy atom. The molecule has 0 spiro atoms. The first kappa shape index (κ1) is 29.8. The molecule has 3 aromatic heterocycles. The fraction of sp³-hybridized carbons (Fsp3) is 0. The van der Waals surface area contributed by atoms with Crippen molar-refractivity contribution in [3.63, 3.8) is 0 Å². The smallest absolute Gasteiger partial charge is 0.160 e. The Morgan fingerprint density at radius 3 is 1.46 bits per heavy atom. The van der Waals surface area contributed by atoms with Crippen molar-refractivity contribution >= 4 is 43.5 Å². The van der Waals surface area contributed by atoms with Gasteiger partial charge in [0.2, 0.25) is 0 Å². The summed E-state index contributed by atoms with van der Waals surface area (Å²) in [5.41, 5.74) is 12.0. The van der Waals surface area contributed by atoms with Crippen molar-refractivity contribution < 1.29 is 0 Å². The highest BCUT2D eigenvalue weighted by atomic mass is 14.9. The van der Waals surface area contributed by atoms with E-state index in [-0.39, 0.29) is 0 Å². The van der Waals surface area contributed by atoms with Crippen LogP contribution in [0.2, 0.25) is 0 Å². The third-order valence-corrected chi connectivity index (χ3v) is 9.83. The molecule has 7 aromatic carbocycles. The molecule has 3 heterocycles. The maximum atomic E-state index is 5.22. The average Bonchev–Trinajstić information content (AvgIpc) is 3.23. The Bertz CT molecular complexity index is 2940. The molecule has 4 nitrogen and oxygen atoms in total. The van der Waals surface area contributed by atoms with Gasteiger partial charge in [0.25, 0.3) is 0 Å². The second-order valence-corrected chi connectivity index (χ2v) is 13.1. The Kier molecular flexibility index (Phi) is 7.10. The van der Waals surface area contributed by atoms with Crippen molar-refractivity contribution in [2.45, 2.75) is 0 Å². The van der Waals surface area contributed by atoms with E-state index in [9.17, 15) is 0 Å². The summed E-state index contributed by atoms with van der Waals surface area (Å²) in [6.45, 7) is 0. The molecule has 0 aliphatic carbocycles. The molecule has 242 valence electrons. The van der Waals surface area contributed by atoms with E-state index in [1.54, 1.807) is 0 Å². The van der Waals surface area contributed by atoms with E-state index in [4.69, 9.17) is 19.9 Å². The third kappa shape index (κ3) is 5.34. The number of aromatic nitrogens is 4. The Labute approximate surface area is 300 Å². The van der Waals surface area contributed by atoms with E-state index in [1.165, 1.54) is 5.39 Å². The summed E-state index contributed by atoms with van der Waals surface area (Å²) >= 11 is 0. The van der Waals surface area contributed by atoms with Gasteiger partial charge in [-0.2, -0.15) is 0 Å². The van der Waals surface area contributed by atoms with E-state index >= 15 is 0 Å². The maximum Gasteiger partial charge on any atom is 0.160 e. The van der Waals surface area contributed by atoms with Gasteiger partial charge in [-0.3, -0.25) is 0 Å². The second-order valence-electron chi connectivity index (χ2n) is 13.1. The normalized spacial score (nSPS) is 11.5. The topological polar surface area (TPSA) is 51.6 Å². The van der Waals surface area contributed by atoms with Crippen molar-refractivity contribution in [2.75, 3.05) is 0 Å². The number of benzene rings is 7. The molecule has 0 aliphatic rings. The molecular weight excluding hydrogens is 633 g/mol. The summed E-state index contributed by atoms with van der Waals surface area (Å²) in [6.07, 6.45) is 0. The monoisotopic (exact) mass is 662 g/mol. The molecule has 0 amide bonds. The quantitative estimate of drug-likeness (QED) is 0.172. The van der Waals surface area contributed by atoms with Crippen LogP contribution in [0.5, 0.6) is 0 Å². The van der Waals surface area contributed by atoms with E-state index in [2.05, 4.69) is 140 Å². The van der Waals surface area contributed by atoms with Crippen LogP contribution in [-0.2, 0) is 0 Å². The molecule has 10 rings (SSSR count). The van der Waals surface area contributed by atoms with Crippen LogP contribution in [0.15, 0.2) is 182 Å². The molecule has 0 aliphatic heterocycles. The maximum absolute atomic E-state index is 5.22. The van der Waals surface area contributed by atoms with Crippen molar-refractivity contribution in [1.29, 1.82) is 0 Å². The highest BCUT2D eigenvalue weighted by Crippen LogP contribution is 2.35. The molecule has 0 atom stereocenters. The number of hydrogen-bond donors (Lipinski definition) is 0. The van der Waals surface area contributed by atoms with Gasteiger partial charge in [0.15, 0.2) is 5.82 Å². The molecule has 0 fully saturated rings. The van der Waals surface area contributed by atoms with Crippen LogP contribution < -0.4 is 0 Å². The third-order valence-electron chi connectivity index (χ3n) is 9.83. The predicted molar refractivity (Wildman–Crippen MR) is 215 cm³/mol. The minimum absolute atomic E-state index is 0.723. The summed E-state index contributed by atoms with van der Waals surface area (Å²) < 4.78 is 0. The van der Waals surface area contributed by atoms with Gasteiger partial charge in [-0.05, 0) is 58.3 Å². The van der Waals surface area contributed by atoms with Gasteiger partial charge in [-0.25, -0.2) is 19.9 Å². The average molecular weight is 663 g/mol. The summed E-state index contributed by atoms with van der Waals surface area (Å²) in [4.78, 5) is 20.4. The van der Waals surface area contributed by atoms with Gasteiger partial charge >= 0.3 is 0 Å². The summed E-state index contributed by atoms with van der Waals surface area (Å²) in [6, 6.07) is 63.4. The van der Waals surface area contributed by atoms with Crippen LogP contribution in [0, 0.1) is 0 Å². The van der Waals surface area contributed by atoms with Crippen LogP contribution in [0.25, 0.3) is 99.8 Å². The molecular formula is C48H30N4. The fourth-order valence-corrected chi connectivity index (χ4v) is 7.12. The predicted octanol–water partition coefficient (Wildman–Crippen LogP) is 12.2. The molecule has 0 saturated carbocycles. The molecule has 0 saturated heterocycles. The van der Waals surface area contributed by atoms with Crippen molar-refractivity contribution in [3.05, 3.63) is 182 Å². The number of hydrogen-bond acceptors (Lipinski definition) is 4. The van der Waals surface area contributed by atoms with E-state index in [0.717, 1.165) is 94.4 Å². The largest absolute Gasteiger partial charge is 0.245 e. The van der Waals surface area contributed by atoms with E-state index in [1.807, 2.05) is 42.5 Å².